The number of aromatic nitrogens is 5. The fourth-order valence-corrected chi connectivity index (χ4v) is 5.07. The summed E-state index contributed by atoms with van der Waals surface area (Å²) in [6, 6.07) is 6.66. The standard InChI is InChI=1S/C20H25N7O/c1-2-26-10-4-9-17-16(26)8-5-11-27(17)20(28)14-7-3-6-13-15(12-21-18(13)14)19-22-24-25-23-19/h3,6-7,12,16-17,21H,2,4-5,8-11H2,1H3,(H,22,23,24,25). The third-order valence-corrected chi connectivity index (χ3v) is 6.36. The van der Waals surface area contributed by atoms with E-state index in [1.165, 1.54) is 6.42 Å². The number of nitrogens with one attached hydrogen (secondary N) is 2. The maximum atomic E-state index is 13.6. The molecule has 2 unspecified atom stereocenters. The van der Waals surface area contributed by atoms with E-state index in [-0.39, 0.29) is 5.91 Å². The first-order chi connectivity index (χ1) is 13.8. The molecule has 0 spiro atoms. The number of aromatic amines is 2. The van der Waals surface area contributed by atoms with Gasteiger partial charge in [0.1, 0.15) is 0 Å². The molecular weight excluding hydrogens is 354 g/mol. The van der Waals surface area contributed by atoms with Gasteiger partial charge < -0.3 is 9.88 Å². The highest BCUT2D eigenvalue weighted by Crippen LogP contribution is 2.33. The van der Waals surface area contributed by atoms with Crippen LogP contribution < -0.4 is 0 Å². The maximum Gasteiger partial charge on any atom is 0.256 e. The molecule has 3 aromatic rings. The summed E-state index contributed by atoms with van der Waals surface area (Å²) >= 11 is 0. The van der Waals surface area contributed by atoms with E-state index in [9.17, 15) is 4.79 Å². The third-order valence-electron chi connectivity index (χ3n) is 6.36. The molecule has 2 fully saturated rings. The number of amides is 1. The molecule has 28 heavy (non-hydrogen) atoms. The van der Waals surface area contributed by atoms with Crippen LogP contribution in [-0.2, 0) is 0 Å². The minimum atomic E-state index is 0.125. The van der Waals surface area contributed by atoms with Gasteiger partial charge in [-0.05, 0) is 50.1 Å². The number of fused-ring (bicyclic) bond motifs is 2. The third kappa shape index (κ3) is 2.71. The van der Waals surface area contributed by atoms with Gasteiger partial charge in [0.05, 0.1) is 11.1 Å². The number of benzene rings is 1. The number of carbonyl (C=O) groups excluding carboxylic acids is 1. The highest BCUT2D eigenvalue weighted by Gasteiger charge is 2.39. The van der Waals surface area contributed by atoms with E-state index in [1.807, 2.05) is 24.4 Å². The Balaban J connectivity index is 1.51. The van der Waals surface area contributed by atoms with Crippen molar-refractivity contribution in [1.29, 1.82) is 0 Å². The van der Waals surface area contributed by atoms with Gasteiger partial charge in [0.15, 0.2) is 0 Å². The minimum absolute atomic E-state index is 0.125. The summed E-state index contributed by atoms with van der Waals surface area (Å²) in [5.41, 5.74) is 2.42. The van der Waals surface area contributed by atoms with Crippen LogP contribution in [-0.4, -0.2) is 73.0 Å². The van der Waals surface area contributed by atoms with Crippen LogP contribution in [0.1, 0.15) is 43.0 Å². The van der Waals surface area contributed by atoms with Gasteiger partial charge in [-0.25, -0.2) is 0 Å². The highest BCUT2D eigenvalue weighted by molar-refractivity contribution is 6.09. The maximum absolute atomic E-state index is 13.6. The Hall–Kier alpha value is -2.74. The van der Waals surface area contributed by atoms with Crippen molar-refractivity contribution < 1.29 is 4.79 Å². The first-order valence-corrected chi connectivity index (χ1v) is 10.2. The molecular formula is C20H25N7O. The minimum Gasteiger partial charge on any atom is -0.360 e. The number of nitrogens with zero attached hydrogens (tertiary/aromatic N) is 5. The summed E-state index contributed by atoms with van der Waals surface area (Å²) in [6.07, 6.45) is 6.37. The zero-order valence-corrected chi connectivity index (χ0v) is 16.1. The van der Waals surface area contributed by atoms with Gasteiger partial charge in [-0.2, -0.15) is 5.21 Å². The molecule has 146 valence electrons. The van der Waals surface area contributed by atoms with E-state index in [0.29, 0.717) is 17.9 Å². The first-order valence-electron chi connectivity index (χ1n) is 10.2. The highest BCUT2D eigenvalue weighted by atomic mass is 16.2. The first kappa shape index (κ1) is 17.4. The smallest absolute Gasteiger partial charge is 0.256 e. The molecule has 0 bridgehead atoms. The van der Waals surface area contributed by atoms with Gasteiger partial charge in [-0.3, -0.25) is 9.69 Å². The predicted molar refractivity (Wildman–Crippen MR) is 106 cm³/mol. The van der Waals surface area contributed by atoms with Crippen LogP contribution in [0, 0.1) is 0 Å². The summed E-state index contributed by atoms with van der Waals surface area (Å²) in [7, 11) is 0. The van der Waals surface area contributed by atoms with Crippen LogP contribution in [0.4, 0.5) is 0 Å². The SMILES string of the molecule is CCN1CCCC2C1CCCN2C(=O)c1cccc2c(-c3nn[nH]n3)c[nH]c12. The van der Waals surface area contributed by atoms with Gasteiger partial charge in [0.25, 0.3) is 5.91 Å². The number of hydrogen-bond donors (Lipinski definition) is 2. The van der Waals surface area contributed by atoms with Crippen molar-refractivity contribution in [3.05, 3.63) is 30.0 Å². The van der Waals surface area contributed by atoms with Gasteiger partial charge in [0, 0.05) is 35.8 Å². The molecule has 1 amide bonds. The number of rotatable bonds is 3. The van der Waals surface area contributed by atoms with E-state index < -0.39 is 0 Å². The zero-order valence-electron chi connectivity index (χ0n) is 16.1. The van der Waals surface area contributed by atoms with Gasteiger partial charge in [-0.15, -0.1) is 10.2 Å². The predicted octanol–water partition coefficient (Wildman–Crippen LogP) is 2.44. The molecule has 0 aliphatic carbocycles. The Bertz CT molecular complexity index is 980. The summed E-state index contributed by atoms with van der Waals surface area (Å²) in [5, 5.41) is 15.2. The number of carbonyl (C=O) groups is 1. The summed E-state index contributed by atoms with van der Waals surface area (Å²) in [5.74, 6) is 0.652. The number of likely N-dealkylation sites (tertiary alicyclic amines) is 2. The number of H-pyrrole nitrogens is 2. The zero-order chi connectivity index (χ0) is 19.1. The van der Waals surface area contributed by atoms with Crippen molar-refractivity contribution >= 4 is 16.8 Å². The molecule has 2 atom stereocenters. The molecule has 2 N–H and O–H groups in total. The summed E-state index contributed by atoms with van der Waals surface area (Å²) in [6.45, 7) is 5.28. The summed E-state index contributed by atoms with van der Waals surface area (Å²) in [4.78, 5) is 21.6. The Morgan fingerprint density at radius 1 is 1.21 bits per heavy atom. The second-order valence-corrected chi connectivity index (χ2v) is 7.71. The van der Waals surface area contributed by atoms with E-state index in [1.54, 1.807) is 0 Å². The molecule has 1 aromatic carbocycles. The van der Waals surface area contributed by atoms with Crippen molar-refractivity contribution in [1.82, 2.24) is 35.4 Å². The van der Waals surface area contributed by atoms with Gasteiger partial charge in [0.2, 0.25) is 5.82 Å². The lowest BCUT2D eigenvalue weighted by Gasteiger charge is -2.49. The Morgan fingerprint density at radius 2 is 2.07 bits per heavy atom. The van der Waals surface area contributed by atoms with Crippen molar-refractivity contribution in [3.8, 4) is 11.4 Å². The Labute approximate surface area is 163 Å². The average Bonchev–Trinajstić information content (AvgIpc) is 3.41. The average molecular weight is 379 g/mol. The van der Waals surface area contributed by atoms with Gasteiger partial charge >= 0.3 is 0 Å². The number of piperidine rings is 2. The van der Waals surface area contributed by atoms with E-state index in [4.69, 9.17) is 0 Å². The molecule has 0 radical (unpaired) electrons. The molecule has 8 heteroatoms. The van der Waals surface area contributed by atoms with E-state index in [0.717, 1.165) is 60.9 Å². The molecule has 2 saturated heterocycles. The van der Waals surface area contributed by atoms with E-state index in [2.05, 4.69) is 42.3 Å². The van der Waals surface area contributed by atoms with Crippen molar-refractivity contribution in [2.75, 3.05) is 19.6 Å². The molecule has 0 saturated carbocycles. The lowest BCUT2D eigenvalue weighted by atomic mass is 9.87. The van der Waals surface area contributed by atoms with Crippen LogP contribution in [0.25, 0.3) is 22.3 Å². The Morgan fingerprint density at radius 3 is 2.89 bits per heavy atom. The fraction of sp³-hybridized carbons (Fsp3) is 0.500. The number of hydrogen-bond acceptors (Lipinski definition) is 5. The number of tetrazole rings is 1. The van der Waals surface area contributed by atoms with Gasteiger partial charge in [-0.1, -0.05) is 19.1 Å². The van der Waals surface area contributed by atoms with Crippen LogP contribution in [0.2, 0.25) is 0 Å². The number of para-hydroxylation sites is 1. The molecule has 8 nitrogen and oxygen atoms in total. The van der Waals surface area contributed by atoms with Crippen molar-refractivity contribution in [2.24, 2.45) is 0 Å². The van der Waals surface area contributed by atoms with Crippen LogP contribution in [0.5, 0.6) is 0 Å². The molecule has 4 heterocycles. The lowest BCUT2D eigenvalue weighted by molar-refractivity contribution is 0.0107. The topological polar surface area (TPSA) is 93.8 Å². The monoisotopic (exact) mass is 379 g/mol. The second kappa shape index (κ2) is 7.01. The van der Waals surface area contributed by atoms with Crippen LogP contribution >= 0.6 is 0 Å². The molecule has 5 rings (SSSR count). The second-order valence-electron chi connectivity index (χ2n) is 7.71. The molecule has 2 aliphatic heterocycles. The number of likely N-dealkylation sites (N-methyl/N-ethyl adjacent to an activating group) is 1. The van der Waals surface area contributed by atoms with Crippen molar-refractivity contribution in [2.45, 2.75) is 44.7 Å². The largest absolute Gasteiger partial charge is 0.360 e. The quantitative estimate of drug-likeness (QED) is 0.729. The van der Waals surface area contributed by atoms with Crippen LogP contribution in [0.3, 0.4) is 0 Å². The summed E-state index contributed by atoms with van der Waals surface area (Å²) < 4.78 is 0. The normalized spacial score (nSPS) is 23.1. The van der Waals surface area contributed by atoms with E-state index >= 15 is 0 Å². The van der Waals surface area contributed by atoms with Crippen LogP contribution in [0.15, 0.2) is 24.4 Å². The molecule has 2 aromatic heterocycles. The lowest BCUT2D eigenvalue weighted by Crippen LogP contribution is -2.59. The Kier molecular flexibility index (Phi) is 4.35. The van der Waals surface area contributed by atoms with Crippen molar-refractivity contribution in [3.63, 3.8) is 0 Å². The molecule has 2 aliphatic rings. The fourth-order valence-electron chi connectivity index (χ4n) is 5.07.